The van der Waals surface area contributed by atoms with Gasteiger partial charge in [-0.3, -0.25) is 9.48 Å². The van der Waals surface area contributed by atoms with Crippen molar-refractivity contribution in [2.24, 2.45) is 5.41 Å². The number of rotatable bonds is 5. The van der Waals surface area contributed by atoms with Crippen LogP contribution in [0.15, 0.2) is 12.4 Å². The predicted octanol–water partition coefficient (Wildman–Crippen LogP) is 1.48. The summed E-state index contributed by atoms with van der Waals surface area (Å²) in [4.78, 5) is 11.4. The van der Waals surface area contributed by atoms with Gasteiger partial charge in [-0.2, -0.15) is 5.10 Å². The van der Waals surface area contributed by atoms with E-state index in [9.17, 15) is 4.79 Å². The normalized spacial score (nSPS) is 11.2. The van der Waals surface area contributed by atoms with E-state index in [1.807, 2.05) is 6.92 Å². The lowest BCUT2D eigenvalue weighted by Gasteiger charge is -2.20. The molecule has 0 amide bonds. The van der Waals surface area contributed by atoms with Gasteiger partial charge < -0.3 is 9.47 Å². The first-order valence-electron chi connectivity index (χ1n) is 5.23. The van der Waals surface area contributed by atoms with Crippen LogP contribution < -0.4 is 4.74 Å². The van der Waals surface area contributed by atoms with Gasteiger partial charge in [-0.05, 0) is 20.8 Å². The maximum absolute atomic E-state index is 11.4. The summed E-state index contributed by atoms with van der Waals surface area (Å²) in [6, 6.07) is 0. The van der Waals surface area contributed by atoms with Gasteiger partial charge in [0.25, 0.3) is 0 Å². The highest BCUT2D eigenvalue weighted by Gasteiger charge is 2.29. The number of nitrogens with zero attached hydrogens (tertiary/aromatic N) is 2. The number of aryl methyl sites for hydroxylation is 1. The van der Waals surface area contributed by atoms with Crippen LogP contribution in [0.1, 0.15) is 20.8 Å². The zero-order chi connectivity index (χ0) is 12.2. The fraction of sp³-hybridized carbons (Fsp3) is 0.636. The quantitative estimate of drug-likeness (QED) is 0.714. The summed E-state index contributed by atoms with van der Waals surface area (Å²) in [5, 5.41) is 4.08. The number of hydrogen-bond donors (Lipinski definition) is 0. The molecule has 1 aromatic rings. The molecule has 0 saturated carbocycles. The monoisotopic (exact) mass is 226 g/mol. The van der Waals surface area contributed by atoms with Crippen LogP contribution in [-0.4, -0.2) is 29.5 Å². The summed E-state index contributed by atoms with van der Waals surface area (Å²) in [7, 11) is 1.37. The number of carbonyl (C=O) groups is 1. The Morgan fingerprint density at radius 1 is 1.56 bits per heavy atom. The van der Waals surface area contributed by atoms with Gasteiger partial charge in [0.05, 0.1) is 24.9 Å². The van der Waals surface area contributed by atoms with E-state index < -0.39 is 5.41 Å². The molecule has 0 saturated heterocycles. The van der Waals surface area contributed by atoms with Gasteiger partial charge in [-0.15, -0.1) is 0 Å². The van der Waals surface area contributed by atoms with E-state index >= 15 is 0 Å². The molecule has 0 aliphatic carbocycles. The minimum absolute atomic E-state index is 0.273. The van der Waals surface area contributed by atoms with E-state index in [1.165, 1.54) is 7.11 Å². The van der Waals surface area contributed by atoms with Crippen LogP contribution in [0.4, 0.5) is 0 Å². The molecule has 0 atom stereocenters. The molecule has 5 heteroatoms. The summed E-state index contributed by atoms with van der Waals surface area (Å²) in [6.07, 6.45) is 3.43. The van der Waals surface area contributed by atoms with Gasteiger partial charge in [0, 0.05) is 6.54 Å². The molecule has 1 heterocycles. The molecule has 0 unspecified atom stereocenters. The molecule has 0 aliphatic rings. The Morgan fingerprint density at radius 2 is 2.25 bits per heavy atom. The van der Waals surface area contributed by atoms with Crippen molar-refractivity contribution in [3.8, 4) is 5.75 Å². The number of aromatic nitrogens is 2. The first-order chi connectivity index (χ1) is 7.49. The highest BCUT2D eigenvalue weighted by Crippen LogP contribution is 2.19. The zero-order valence-corrected chi connectivity index (χ0v) is 10.2. The zero-order valence-electron chi connectivity index (χ0n) is 10.2. The highest BCUT2D eigenvalue weighted by molar-refractivity contribution is 5.75. The van der Waals surface area contributed by atoms with Crippen LogP contribution in [0.25, 0.3) is 0 Å². The first-order valence-corrected chi connectivity index (χ1v) is 5.23. The number of ether oxygens (including phenoxy) is 2. The van der Waals surface area contributed by atoms with Gasteiger partial charge in [0.15, 0.2) is 5.75 Å². The predicted molar refractivity (Wildman–Crippen MR) is 59.2 cm³/mol. The highest BCUT2D eigenvalue weighted by atomic mass is 16.5. The summed E-state index contributed by atoms with van der Waals surface area (Å²) >= 11 is 0. The lowest BCUT2D eigenvalue weighted by molar-refractivity contribution is -0.152. The van der Waals surface area contributed by atoms with Crippen LogP contribution in [0.5, 0.6) is 5.75 Å². The van der Waals surface area contributed by atoms with Crippen molar-refractivity contribution >= 4 is 5.97 Å². The lowest BCUT2D eigenvalue weighted by atomic mass is 9.95. The molecular weight excluding hydrogens is 208 g/mol. The summed E-state index contributed by atoms with van der Waals surface area (Å²) < 4.78 is 11.9. The molecule has 0 aliphatic heterocycles. The van der Waals surface area contributed by atoms with Crippen molar-refractivity contribution in [2.75, 3.05) is 13.7 Å². The van der Waals surface area contributed by atoms with Crippen molar-refractivity contribution in [1.29, 1.82) is 0 Å². The van der Waals surface area contributed by atoms with E-state index in [2.05, 4.69) is 5.10 Å². The molecule has 16 heavy (non-hydrogen) atoms. The second-order valence-electron chi connectivity index (χ2n) is 4.20. The van der Waals surface area contributed by atoms with E-state index in [1.54, 1.807) is 30.9 Å². The van der Waals surface area contributed by atoms with E-state index in [4.69, 9.17) is 9.47 Å². The van der Waals surface area contributed by atoms with Crippen LogP contribution >= 0.6 is 0 Å². The van der Waals surface area contributed by atoms with E-state index in [-0.39, 0.29) is 12.6 Å². The third-order valence-electron chi connectivity index (χ3n) is 2.27. The first kappa shape index (κ1) is 12.5. The molecule has 0 N–H and O–H groups in total. The maximum Gasteiger partial charge on any atom is 0.314 e. The Morgan fingerprint density at radius 3 is 2.75 bits per heavy atom. The van der Waals surface area contributed by atoms with E-state index in [0.29, 0.717) is 5.75 Å². The number of carbonyl (C=O) groups excluding carboxylic acids is 1. The SMILES string of the molecule is CCn1cc(OCC(C)(C)C(=O)OC)cn1. The third-order valence-corrected chi connectivity index (χ3v) is 2.27. The minimum Gasteiger partial charge on any atom is -0.489 e. The topological polar surface area (TPSA) is 53.4 Å². The van der Waals surface area contributed by atoms with Crippen molar-refractivity contribution in [2.45, 2.75) is 27.3 Å². The molecule has 1 aromatic heterocycles. The van der Waals surface area contributed by atoms with Gasteiger partial charge in [0.1, 0.15) is 6.61 Å². The van der Waals surface area contributed by atoms with Crippen molar-refractivity contribution in [3.63, 3.8) is 0 Å². The van der Waals surface area contributed by atoms with Crippen molar-refractivity contribution in [3.05, 3.63) is 12.4 Å². The van der Waals surface area contributed by atoms with Crippen LogP contribution in [-0.2, 0) is 16.1 Å². The number of esters is 1. The average Bonchev–Trinajstić information content (AvgIpc) is 2.73. The second kappa shape index (κ2) is 5.01. The molecular formula is C11H18N2O3. The van der Waals surface area contributed by atoms with Gasteiger partial charge in [-0.25, -0.2) is 0 Å². The average molecular weight is 226 g/mol. The van der Waals surface area contributed by atoms with Gasteiger partial charge in [0.2, 0.25) is 0 Å². The van der Waals surface area contributed by atoms with Crippen molar-refractivity contribution < 1.29 is 14.3 Å². The molecule has 90 valence electrons. The molecule has 1 rings (SSSR count). The fourth-order valence-electron chi connectivity index (χ4n) is 1.19. The van der Waals surface area contributed by atoms with E-state index in [0.717, 1.165) is 6.54 Å². The standard InChI is InChI=1S/C11H18N2O3/c1-5-13-7-9(6-12-13)16-8-11(2,3)10(14)15-4/h6-7H,5,8H2,1-4H3. The summed E-state index contributed by atoms with van der Waals surface area (Å²) in [6.45, 7) is 6.63. The lowest BCUT2D eigenvalue weighted by Crippen LogP contribution is -2.32. The largest absolute Gasteiger partial charge is 0.489 e. The Hall–Kier alpha value is -1.52. The molecule has 0 fully saturated rings. The smallest absolute Gasteiger partial charge is 0.314 e. The van der Waals surface area contributed by atoms with Crippen LogP contribution in [0, 0.1) is 5.41 Å². The van der Waals surface area contributed by atoms with Crippen LogP contribution in [0.3, 0.4) is 0 Å². The fourth-order valence-corrected chi connectivity index (χ4v) is 1.19. The summed E-state index contributed by atoms with van der Waals surface area (Å²) in [5.41, 5.74) is -0.650. The number of hydrogen-bond acceptors (Lipinski definition) is 4. The molecule has 0 radical (unpaired) electrons. The number of methoxy groups -OCH3 is 1. The Bertz CT molecular complexity index is 358. The maximum atomic E-state index is 11.4. The Labute approximate surface area is 95.3 Å². The summed E-state index contributed by atoms with van der Waals surface area (Å²) in [5.74, 6) is 0.384. The molecule has 0 spiro atoms. The second-order valence-corrected chi connectivity index (χ2v) is 4.20. The van der Waals surface area contributed by atoms with Crippen molar-refractivity contribution in [1.82, 2.24) is 9.78 Å². The van der Waals surface area contributed by atoms with Gasteiger partial charge >= 0.3 is 5.97 Å². The Kier molecular flexibility index (Phi) is 3.93. The van der Waals surface area contributed by atoms with Crippen LogP contribution in [0.2, 0.25) is 0 Å². The minimum atomic E-state index is -0.650. The molecule has 0 aromatic carbocycles. The third kappa shape index (κ3) is 2.98. The molecule has 5 nitrogen and oxygen atoms in total. The molecule has 0 bridgehead atoms. The van der Waals surface area contributed by atoms with Gasteiger partial charge in [-0.1, -0.05) is 0 Å². The Balaban J connectivity index is 2.53.